The van der Waals surface area contributed by atoms with Gasteiger partial charge in [-0.2, -0.15) is 0 Å². The number of nitrogens with one attached hydrogen (secondary N) is 4. The van der Waals surface area contributed by atoms with Crippen molar-refractivity contribution in [3.05, 3.63) is 378 Å². The quantitative estimate of drug-likeness (QED) is 0.0967. The Morgan fingerprint density at radius 2 is 0.514 bits per heavy atom. The van der Waals surface area contributed by atoms with Crippen LogP contribution in [0.15, 0.2) is 327 Å². The molecule has 0 saturated heterocycles. The number of fused-ring (bicyclic) bond motifs is 16. The van der Waals surface area contributed by atoms with Crippen LogP contribution >= 0.6 is 0 Å². The maximum atomic E-state index is 5.77. The average Bonchev–Trinajstić information content (AvgIpc) is 1.61. The molecule has 15 aromatic rings. The molecule has 514 valence electrons. The molecule has 0 saturated carbocycles. The van der Waals surface area contributed by atoms with E-state index in [2.05, 4.69) is 406 Å². The zero-order valence-corrected chi connectivity index (χ0v) is 59.2. The van der Waals surface area contributed by atoms with Crippen LogP contribution < -0.4 is 10.0 Å². The first-order valence-electron chi connectivity index (χ1n) is 36.9. The van der Waals surface area contributed by atoms with Crippen molar-refractivity contribution in [3.8, 4) is 89.0 Å². The number of para-hydroxylation sites is 1. The standard InChI is InChI=1S/C99H68N10/c1-10-28-65(29-11-1)90-75-48-50-77(100-75)92(67-32-14-3-15-33-67)81-56-58-85(104-81)96(71-40-22-7-23-41-71)98-73(60-87(106-98)94(69-36-18-5-19-37-69)83-54-52-79(90)102-83)47-46-64-62-108(74-44-26-9-27-45-74)109(63-64)89-61-88-95(70-38-20-6-21-39-70)84-55-53-80(103-84)91(66-30-12-2-13-31-66)76-49-51-78(101-76)93(68-34-16-4-17-35-68)82-57-59-86(105-82)97(99(89)107-88)72-42-24-8-25-43-72/h1-62,100-101,106-107H,63H2/b47-46+,90-75?,90-79?,91-76?,91-80?,92-77?,92-81?,93-78?,93-82?,94-83?,94-87?,95-84?,95-88?,96-85?,97-86?,98-96?,99-97?. The van der Waals surface area contributed by atoms with Gasteiger partial charge in [-0.1, -0.05) is 273 Å². The SMILES string of the molecule is C1=Cc2nc1c(-c1ccccc1)c1ccc([nH]1)c(-c1ccccc1)c1nc(c(-c3ccccc3)c3[nH]c(cc3/C=C/C3=CN(c4ccccc4)N(c4cc5[nH]c4c(-c4ccccc4)c4nc(c(-c6ccccc6)c6ccc([nH]6)c(-c6ccccc6)c6nc(c5-c5ccccc5)C=C6)C=C4)C3)c2-c2ccccc2)C=C1. The molecule has 0 amide bonds. The normalized spacial score (nSPS) is 12.9. The van der Waals surface area contributed by atoms with E-state index in [0.717, 1.165) is 201 Å². The van der Waals surface area contributed by atoms with E-state index in [0.29, 0.717) is 6.54 Å². The fourth-order valence-electron chi connectivity index (χ4n) is 16.0. The molecular weight excluding hydrogens is 1330 g/mol. The van der Waals surface area contributed by atoms with Crippen molar-refractivity contribution in [2.24, 2.45) is 0 Å². The van der Waals surface area contributed by atoms with Gasteiger partial charge < -0.3 is 19.9 Å². The van der Waals surface area contributed by atoms with E-state index in [1.54, 1.807) is 0 Å². The molecule has 6 aromatic heterocycles. The van der Waals surface area contributed by atoms with Crippen LogP contribution in [0.4, 0.5) is 11.4 Å². The molecule has 10 nitrogen and oxygen atoms in total. The molecule has 0 atom stereocenters. The number of aromatic amines is 4. The zero-order valence-electron chi connectivity index (χ0n) is 59.2. The second-order valence-corrected chi connectivity index (χ2v) is 27.6. The highest BCUT2D eigenvalue weighted by atomic mass is 15.6. The number of hydrazine groups is 1. The third-order valence-corrected chi connectivity index (χ3v) is 20.9. The van der Waals surface area contributed by atoms with Gasteiger partial charge in [0.15, 0.2) is 0 Å². The topological polar surface area (TPSA) is 121 Å². The predicted octanol–water partition coefficient (Wildman–Crippen LogP) is 24.8. The lowest BCUT2D eigenvalue weighted by molar-refractivity contribution is 0.924. The number of hydrogen-bond acceptors (Lipinski definition) is 6. The van der Waals surface area contributed by atoms with Crippen LogP contribution in [0.2, 0.25) is 0 Å². The van der Waals surface area contributed by atoms with Crippen molar-refractivity contribution in [2.75, 3.05) is 16.6 Å². The lowest BCUT2D eigenvalue weighted by Crippen LogP contribution is -2.35. The highest BCUT2D eigenvalue weighted by Gasteiger charge is 2.30. The lowest BCUT2D eigenvalue weighted by atomic mass is 10.0. The first-order valence-corrected chi connectivity index (χ1v) is 36.9. The summed E-state index contributed by atoms with van der Waals surface area (Å²) in [4.78, 5) is 39.0. The van der Waals surface area contributed by atoms with Gasteiger partial charge in [-0.15, -0.1) is 0 Å². The van der Waals surface area contributed by atoms with Crippen LogP contribution in [0, 0.1) is 0 Å². The van der Waals surface area contributed by atoms with Gasteiger partial charge in [0.1, 0.15) is 0 Å². The van der Waals surface area contributed by atoms with Gasteiger partial charge in [0.05, 0.1) is 80.0 Å². The number of H-pyrrole nitrogens is 4. The van der Waals surface area contributed by atoms with E-state index in [1.165, 1.54) is 0 Å². The van der Waals surface area contributed by atoms with Gasteiger partial charge in [-0.05, 0) is 147 Å². The molecule has 9 aromatic carbocycles. The fourth-order valence-corrected chi connectivity index (χ4v) is 16.0. The Labute approximate surface area is 630 Å². The van der Waals surface area contributed by atoms with Crippen LogP contribution in [0.1, 0.15) is 51.1 Å². The van der Waals surface area contributed by atoms with Crippen LogP contribution in [0.25, 0.3) is 188 Å². The van der Waals surface area contributed by atoms with Gasteiger partial charge in [-0.25, -0.2) is 19.9 Å². The molecule has 20 rings (SSSR count). The van der Waals surface area contributed by atoms with E-state index < -0.39 is 0 Å². The Hall–Kier alpha value is -14.7. The fraction of sp³-hybridized carbons (Fsp3) is 0.0101. The number of nitrogens with zero attached hydrogens (tertiary/aromatic N) is 6. The minimum Gasteiger partial charge on any atom is -0.354 e. The van der Waals surface area contributed by atoms with Crippen molar-refractivity contribution in [3.63, 3.8) is 0 Å². The van der Waals surface area contributed by atoms with Crippen LogP contribution in [-0.2, 0) is 0 Å². The molecular formula is C99H68N10. The summed E-state index contributed by atoms with van der Waals surface area (Å²) in [7, 11) is 0. The summed E-state index contributed by atoms with van der Waals surface area (Å²) in [5.74, 6) is 0. The van der Waals surface area contributed by atoms with Crippen LogP contribution in [0.5, 0.6) is 0 Å². The third kappa shape index (κ3) is 11.8. The Balaban J connectivity index is 0.849. The molecule has 0 radical (unpaired) electrons. The third-order valence-electron chi connectivity index (χ3n) is 20.9. The van der Waals surface area contributed by atoms with E-state index in [9.17, 15) is 0 Å². The zero-order chi connectivity index (χ0) is 72.1. The molecule has 5 aliphatic rings. The number of aromatic nitrogens is 8. The largest absolute Gasteiger partial charge is 0.354 e. The average molecular weight is 1400 g/mol. The molecule has 109 heavy (non-hydrogen) atoms. The van der Waals surface area contributed by atoms with Crippen molar-refractivity contribution in [1.29, 1.82) is 0 Å². The van der Waals surface area contributed by atoms with Gasteiger partial charge in [0, 0.05) is 83.9 Å². The highest BCUT2D eigenvalue weighted by molar-refractivity contribution is 6.06. The Bertz CT molecular complexity index is 6630. The van der Waals surface area contributed by atoms with Gasteiger partial charge in [0.25, 0.3) is 0 Å². The summed E-state index contributed by atoms with van der Waals surface area (Å²) in [6, 6.07) is 109. The Morgan fingerprint density at radius 3 is 0.844 bits per heavy atom. The number of rotatable bonds is 12. The van der Waals surface area contributed by atoms with Crippen molar-refractivity contribution < 1.29 is 0 Å². The molecule has 0 spiro atoms. The Morgan fingerprint density at radius 1 is 0.248 bits per heavy atom. The highest BCUT2D eigenvalue weighted by Crippen LogP contribution is 2.46. The first kappa shape index (κ1) is 63.9. The summed E-state index contributed by atoms with van der Waals surface area (Å²) >= 11 is 0. The van der Waals surface area contributed by atoms with E-state index in [4.69, 9.17) is 19.9 Å². The molecule has 4 N–H and O–H groups in total. The Kier molecular flexibility index (Phi) is 16.1. The van der Waals surface area contributed by atoms with Crippen LogP contribution in [0.3, 0.4) is 0 Å². The maximum absolute atomic E-state index is 5.77. The molecule has 0 unspecified atom stereocenters. The van der Waals surface area contributed by atoms with Crippen LogP contribution in [-0.4, -0.2) is 46.4 Å². The summed E-state index contributed by atoms with van der Waals surface area (Å²) in [5.41, 5.74) is 34.0. The summed E-state index contributed by atoms with van der Waals surface area (Å²) in [6.45, 7) is 0.475. The van der Waals surface area contributed by atoms with Gasteiger partial charge in [-0.3, -0.25) is 10.0 Å². The van der Waals surface area contributed by atoms with Crippen molar-refractivity contribution in [2.45, 2.75) is 0 Å². The number of benzene rings is 9. The summed E-state index contributed by atoms with van der Waals surface area (Å²) in [5, 5.41) is 4.71. The number of hydrogen-bond donors (Lipinski definition) is 4. The molecule has 16 bridgehead atoms. The van der Waals surface area contributed by atoms with E-state index in [1.807, 2.05) is 0 Å². The molecule has 10 heteroatoms. The second kappa shape index (κ2) is 27.4. The van der Waals surface area contributed by atoms with E-state index in [-0.39, 0.29) is 0 Å². The molecule has 0 fully saturated rings. The van der Waals surface area contributed by atoms with Gasteiger partial charge in [0.2, 0.25) is 0 Å². The van der Waals surface area contributed by atoms with Crippen molar-refractivity contribution in [1.82, 2.24) is 39.9 Å². The minimum absolute atomic E-state index is 0.475. The van der Waals surface area contributed by atoms with Gasteiger partial charge >= 0.3 is 0 Å². The maximum Gasteiger partial charge on any atom is 0.0845 e. The minimum atomic E-state index is 0.475. The molecule has 11 heterocycles. The molecule has 5 aliphatic heterocycles. The monoisotopic (exact) mass is 1400 g/mol. The van der Waals surface area contributed by atoms with Crippen molar-refractivity contribution >= 4 is 110 Å². The summed E-state index contributed by atoms with van der Waals surface area (Å²) < 4.78 is 0. The second-order valence-electron chi connectivity index (χ2n) is 27.6. The van der Waals surface area contributed by atoms with E-state index >= 15 is 0 Å². The molecule has 0 aliphatic carbocycles. The first-order chi connectivity index (χ1) is 54.0. The lowest BCUT2D eigenvalue weighted by Gasteiger charge is -2.30. The number of anilines is 2. The summed E-state index contributed by atoms with van der Waals surface area (Å²) in [6.07, 6.45) is 24.2. The smallest absolute Gasteiger partial charge is 0.0845 e. The predicted molar refractivity (Wildman–Crippen MR) is 455 cm³/mol.